The van der Waals surface area contributed by atoms with Gasteiger partial charge in [0.1, 0.15) is 6.04 Å². The van der Waals surface area contributed by atoms with Crippen molar-refractivity contribution < 1.29 is 18.0 Å². The van der Waals surface area contributed by atoms with Crippen molar-refractivity contribution in [2.75, 3.05) is 16.8 Å². The molecule has 1 aliphatic heterocycles. The van der Waals surface area contributed by atoms with Gasteiger partial charge in [-0.1, -0.05) is 48.5 Å². The number of amides is 1. The Labute approximate surface area is 179 Å². The minimum Gasteiger partial charge on any atom is -0.370 e. The predicted molar refractivity (Wildman–Crippen MR) is 116 cm³/mol. The number of aryl methyl sites for hydroxylation is 2. The highest BCUT2D eigenvalue weighted by atomic mass is 19.4. The zero-order valence-corrected chi connectivity index (χ0v) is 17.3. The number of carbonyl (C=O) groups excluding carboxylic acids is 1. The fourth-order valence-electron chi connectivity index (χ4n) is 4.06. The van der Waals surface area contributed by atoms with Gasteiger partial charge in [-0.05, 0) is 60.7 Å². The van der Waals surface area contributed by atoms with Crippen LogP contribution in [-0.4, -0.2) is 12.5 Å². The Morgan fingerprint density at radius 1 is 0.935 bits per heavy atom. The first-order valence-corrected chi connectivity index (χ1v) is 10.1. The van der Waals surface area contributed by atoms with Gasteiger partial charge in [-0.25, -0.2) is 0 Å². The molecule has 1 amide bonds. The maximum absolute atomic E-state index is 13.7. The molecule has 0 spiro atoms. The van der Waals surface area contributed by atoms with Crippen molar-refractivity contribution >= 4 is 17.3 Å². The van der Waals surface area contributed by atoms with Crippen LogP contribution in [0.2, 0.25) is 0 Å². The zero-order valence-electron chi connectivity index (χ0n) is 17.3. The van der Waals surface area contributed by atoms with Crippen LogP contribution in [0.1, 0.15) is 33.9 Å². The Morgan fingerprint density at radius 3 is 2.23 bits per heavy atom. The van der Waals surface area contributed by atoms with Gasteiger partial charge in [0, 0.05) is 17.9 Å². The maximum atomic E-state index is 13.7. The average molecular weight is 424 g/mol. The molecule has 6 heteroatoms. The van der Waals surface area contributed by atoms with Crippen LogP contribution in [0, 0.1) is 13.8 Å². The summed E-state index contributed by atoms with van der Waals surface area (Å²) in [6.07, 6.45) is -3.67. The molecule has 3 aromatic rings. The van der Waals surface area contributed by atoms with E-state index < -0.39 is 17.8 Å². The van der Waals surface area contributed by atoms with Crippen LogP contribution in [0.5, 0.6) is 0 Å². The van der Waals surface area contributed by atoms with E-state index in [2.05, 4.69) is 5.32 Å². The lowest BCUT2D eigenvalue weighted by atomic mass is 10.0. The summed E-state index contributed by atoms with van der Waals surface area (Å²) < 4.78 is 39.2. The number of fused-ring (bicyclic) bond motifs is 1. The third-order valence-electron chi connectivity index (χ3n) is 5.74. The number of hydrogen-bond donors (Lipinski definition) is 1. The smallest absolute Gasteiger partial charge is 0.370 e. The molecule has 160 valence electrons. The first kappa shape index (κ1) is 21.0. The number of hydrogen-bond acceptors (Lipinski definition) is 2. The van der Waals surface area contributed by atoms with Crippen molar-refractivity contribution in [2.45, 2.75) is 32.5 Å². The molecule has 0 aromatic heterocycles. The van der Waals surface area contributed by atoms with Crippen molar-refractivity contribution in [2.24, 2.45) is 0 Å². The molecular weight excluding hydrogens is 401 g/mol. The summed E-state index contributed by atoms with van der Waals surface area (Å²) in [5, 5.41) is 3.33. The van der Waals surface area contributed by atoms with Crippen LogP contribution in [0.4, 0.5) is 24.5 Å². The number of alkyl halides is 3. The lowest BCUT2D eigenvalue weighted by Gasteiger charge is -2.27. The summed E-state index contributed by atoms with van der Waals surface area (Å²) in [4.78, 5) is 15.4. The summed E-state index contributed by atoms with van der Waals surface area (Å²) in [6.45, 7) is 4.42. The van der Waals surface area contributed by atoms with E-state index in [0.717, 1.165) is 46.6 Å². The maximum Gasteiger partial charge on any atom is 0.416 e. The van der Waals surface area contributed by atoms with Crippen LogP contribution >= 0.6 is 0 Å². The van der Waals surface area contributed by atoms with Crippen LogP contribution in [0.3, 0.4) is 0 Å². The summed E-state index contributed by atoms with van der Waals surface area (Å²) in [5.74, 6) is -0.188. The highest BCUT2D eigenvalue weighted by molar-refractivity contribution is 6.01. The average Bonchev–Trinajstić information content (AvgIpc) is 3.17. The number of benzene rings is 3. The lowest BCUT2D eigenvalue weighted by Crippen LogP contribution is -2.37. The van der Waals surface area contributed by atoms with E-state index in [1.807, 2.05) is 56.3 Å². The van der Waals surface area contributed by atoms with E-state index in [9.17, 15) is 18.0 Å². The van der Waals surface area contributed by atoms with Crippen molar-refractivity contribution in [3.63, 3.8) is 0 Å². The van der Waals surface area contributed by atoms with E-state index in [1.165, 1.54) is 12.1 Å². The molecule has 1 aliphatic rings. The molecule has 3 aromatic carbocycles. The fourth-order valence-corrected chi connectivity index (χ4v) is 4.06. The topological polar surface area (TPSA) is 32.3 Å². The number of para-hydroxylation sites is 2. The molecule has 0 bridgehead atoms. The second-order valence-electron chi connectivity index (χ2n) is 7.83. The third-order valence-corrected chi connectivity index (χ3v) is 5.74. The van der Waals surface area contributed by atoms with Crippen LogP contribution in [0.25, 0.3) is 0 Å². The Kier molecular flexibility index (Phi) is 5.48. The van der Waals surface area contributed by atoms with E-state index >= 15 is 0 Å². The number of nitrogens with zero attached hydrogens (tertiary/aromatic N) is 1. The van der Waals surface area contributed by atoms with Gasteiger partial charge < -0.3 is 10.2 Å². The highest BCUT2D eigenvalue weighted by Crippen LogP contribution is 2.34. The van der Waals surface area contributed by atoms with Gasteiger partial charge in [-0.15, -0.1) is 0 Å². The Morgan fingerprint density at radius 2 is 1.58 bits per heavy atom. The molecule has 0 radical (unpaired) electrons. The molecule has 0 fully saturated rings. The summed E-state index contributed by atoms with van der Waals surface area (Å²) in [5.41, 5.74) is 4.44. The minimum absolute atomic E-state index is 0.188. The van der Waals surface area contributed by atoms with Crippen molar-refractivity contribution in [1.82, 2.24) is 0 Å². The molecule has 1 heterocycles. The summed E-state index contributed by atoms with van der Waals surface area (Å²) >= 11 is 0. The highest BCUT2D eigenvalue weighted by Gasteiger charge is 2.33. The molecule has 1 unspecified atom stereocenters. The Bertz CT molecular complexity index is 1090. The molecule has 31 heavy (non-hydrogen) atoms. The number of nitrogens with one attached hydrogen (secondary N) is 1. The molecule has 0 saturated heterocycles. The van der Waals surface area contributed by atoms with Gasteiger partial charge in [0.15, 0.2) is 0 Å². The lowest BCUT2D eigenvalue weighted by molar-refractivity contribution is -0.137. The zero-order chi connectivity index (χ0) is 22.2. The minimum atomic E-state index is -4.42. The number of rotatable bonds is 4. The van der Waals surface area contributed by atoms with Crippen molar-refractivity contribution in [1.29, 1.82) is 0 Å². The molecule has 0 saturated carbocycles. The molecular formula is C25H23F3N2O. The van der Waals surface area contributed by atoms with Gasteiger partial charge in [-0.3, -0.25) is 4.79 Å². The fraction of sp³-hybridized carbons (Fsp3) is 0.240. The second-order valence-corrected chi connectivity index (χ2v) is 7.83. The van der Waals surface area contributed by atoms with Crippen molar-refractivity contribution in [3.05, 3.63) is 94.5 Å². The van der Waals surface area contributed by atoms with E-state index in [4.69, 9.17) is 0 Å². The quantitative estimate of drug-likeness (QED) is 0.552. The standard InChI is InChI=1S/C25H23F3N2O/c1-16-6-5-7-17(2)22(16)29-23(19-10-12-20(13-11-19)25(26,27)28)24(31)30-15-14-18-8-3-4-9-21(18)30/h3-13,23,29H,14-15H2,1-2H3. The van der Waals surface area contributed by atoms with E-state index in [1.54, 1.807) is 4.90 Å². The van der Waals surface area contributed by atoms with E-state index in [-0.39, 0.29) is 5.91 Å². The summed E-state index contributed by atoms with van der Waals surface area (Å²) in [6, 6.07) is 17.5. The van der Waals surface area contributed by atoms with Crippen LogP contribution in [0.15, 0.2) is 66.7 Å². The monoisotopic (exact) mass is 424 g/mol. The predicted octanol–water partition coefficient (Wildman–Crippen LogP) is 6.06. The first-order valence-electron chi connectivity index (χ1n) is 10.1. The van der Waals surface area contributed by atoms with E-state index in [0.29, 0.717) is 12.1 Å². The number of carbonyl (C=O) groups is 1. The first-order chi connectivity index (χ1) is 14.8. The number of anilines is 2. The van der Waals surface area contributed by atoms with Gasteiger partial charge in [0.2, 0.25) is 0 Å². The summed E-state index contributed by atoms with van der Waals surface area (Å²) in [7, 11) is 0. The Hall–Kier alpha value is -3.28. The molecule has 1 atom stereocenters. The third kappa shape index (κ3) is 4.15. The number of halogens is 3. The second kappa shape index (κ2) is 8.10. The largest absolute Gasteiger partial charge is 0.416 e. The molecule has 1 N–H and O–H groups in total. The SMILES string of the molecule is Cc1cccc(C)c1NC(C(=O)N1CCc2ccccc21)c1ccc(C(F)(F)F)cc1. The molecule has 4 rings (SSSR count). The molecule has 3 nitrogen and oxygen atoms in total. The van der Waals surface area contributed by atoms with Gasteiger partial charge in [0.05, 0.1) is 5.56 Å². The Balaban J connectivity index is 1.73. The normalized spacial score (nSPS) is 14.3. The van der Waals surface area contributed by atoms with Crippen LogP contribution in [-0.2, 0) is 17.4 Å². The van der Waals surface area contributed by atoms with Gasteiger partial charge in [-0.2, -0.15) is 13.2 Å². The van der Waals surface area contributed by atoms with Crippen LogP contribution < -0.4 is 10.2 Å². The van der Waals surface area contributed by atoms with Gasteiger partial charge >= 0.3 is 6.18 Å². The van der Waals surface area contributed by atoms with Crippen molar-refractivity contribution in [3.8, 4) is 0 Å². The molecule has 0 aliphatic carbocycles. The van der Waals surface area contributed by atoms with Gasteiger partial charge in [0.25, 0.3) is 5.91 Å².